The number of hydrogen-bond donors (Lipinski definition) is 2. The maximum atomic E-state index is 5.79. The van der Waals surface area contributed by atoms with Crippen molar-refractivity contribution < 1.29 is 0 Å². The summed E-state index contributed by atoms with van der Waals surface area (Å²) in [4.78, 5) is 0. The van der Waals surface area contributed by atoms with Gasteiger partial charge in [-0.05, 0) is 32.3 Å². The first-order valence-corrected chi connectivity index (χ1v) is 6.01. The lowest BCUT2D eigenvalue weighted by Crippen LogP contribution is -2.19. The lowest BCUT2D eigenvalue weighted by atomic mass is 10.1. The molecule has 0 aromatic carbocycles. The Balaban J connectivity index is 2.22. The van der Waals surface area contributed by atoms with Crippen LogP contribution in [-0.2, 0) is 6.54 Å². The second-order valence-electron chi connectivity index (χ2n) is 4.57. The topological polar surface area (TPSA) is 63.8 Å². The first-order chi connectivity index (χ1) is 7.72. The first kappa shape index (κ1) is 11.3. The van der Waals surface area contributed by atoms with Gasteiger partial charge in [0.15, 0.2) is 5.82 Å². The van der Waals surface area contributed by atoms with Crippen LogP contribution in [0.2, 0.25) is 0 Å². The van der Waals surface area contributed by atoms with Gasteiger partial charge in [0.2, 0.25) is 0 Å². The molecule has 0 aliphatic heterocycles. The first-order valence-electron chi connectivity index (χ1n) is 6.01. The van der Waals surface area contributed by atoms with Crippen molar-refractivity contribution in [3.05, 3.63) is 16.8 Å². The highest BCUT2D eigenvalue weighted by Gasteiger charge is 2.17. The van der Waals surface area contributed by atoms with E-state index in [4.69, 9.17) is 5.73 Å². The number of rotatable bonds is 3. The molecule has 0 amide bonds. The predicted molar refractivity (Wildman–Crippen MR) is 65.3 cm³/mol. The molecule has 3 N–H and O–H groups in total. The summed E-state index contributed by atoms with van der Waals surface area (Å²) in [5.74, 6) is 0.887. The van der Waals surface area contributed by atoms with Gasteiger partial charge in [0, 0.05) is 18.2 Å². The van der Waals surface area contributed by atoms with Crippen molar-refractivity contribution in [2.45, 2.75) is 52.1 Å². The number of anilines is 1. The third kappa shape index (κ3) is 2.16. The fraction of sp³-hybridized carbons (Fsp3) is 0.667. The smallest absolute Gasteiger partial charge is 0.153 e. The summed E-state index contributed by atoms with van der Waals surface area (Å²) in [6.07, 6.45) is 5.10. The molecule has 0 atom stereocenters. The Morgan fingerprint density at radius 3 is 2.56 bits per heavy atom. The zero-order valence-corrected chi connectivity index (χ0v) is 10.1. The van der Waals surface area contributed by atoms with Crippen LogP contribution in [0.3, 0.4) is 0 Å². The van der Waals surface area contributed by atoms with Crippen LogP contribution in [0.15, 0.2) is 0 Å². The summed E-state index contributed by atoms with van der Waals surface area (Å²) in [6, 6.07) is 0.557. The van der Waals surface area contributed by atoms with E-state index in [1.165, 1.54) is 25.7 Å². The number of nitrogens with zero attached hydrogens (tertiary/aromatic N) is 2. The van der Waals surface area contributed by atoms with E-state index in [9.17, 15) is 0 Å². The van der Waals surface area contributed by atoms with Crippen molar-refractivity contribution in [2.75, 3.05) is 5.32 Å². The third-order valence-electron chi connectivity index (χ3n) is 3.48. The fourth-order valence-corrected chi connectivity index (χ4v) is 2.29. The van der Waals surface area contributed by atoms with Crippen LogP contribution < -0.4 is 11.1 Å². The summed E-state index contributed by atoms with van der Waals surface area (Å²) in [5.41, 5.74) is 9.03. The maximum Gasteiger partial charge on any atom is 0.153 e. The molecule has 1 saturated carbocycles. The van der Waals surface area contributed by atoms with Crippen molar-refractivity contribution in [1.29, 1.82) is 0 Å². The van der Waals surface area contributed by atoms with Gasteiger partial charge < -0.3 is 11.1 Å². The van der Waals surface area contributed by atoms with E-state index in [2.05, 4.69) is 22.4 Å². The zero-order chi connectivity index (χ0) is 11.5. The molecule has 0 saturated heterocycles. The van der Waals surface area contributed by atoms with Crippen LogP contribution in [0.25, 0.3) is 0 Å². The lowest BCUT2D eigenvalue weighted by Gasteiger charge is -2.16. The monoisotopic (exact) mass is 220 g/mol. The van der Waals surface area contributed by atoms with E-state index in [-0.39, 0.29) is 0 Å². The number of aryl methyl sites for hydroxylation is 1. The molecule has 1 aliphatic rings. The van der Waals surface area contributed by atoms with Gasteiger partial charge >= 0.3 is 0 Å². The van der Waals surface area contributed by atoms with Crippen LogP contribution >= 0.6 is 0 Å². The molecule has 16 heavy (non-hydrogen) atoms. The van der Waals surface area contributed by atoms with E-state index in [0.717, 1.165) is 22.6 Å². The van der Waals surface area contributed by atoms with E-state index in [1.54, 1.807) is 0 Å². The zero-order valence-electron chi connectivity index (χ0n) is 10.1. The van der Waals surface area contributed by atoms with Crippen LogP contribution in [0.1, 0.15) is 42.5 Å². The second-order valence-corrected chi connectivity index (χ2v) is 4.57. The van der Waals surface area contributed by atoms with Crippen LogP contribution in [0.4, 0.5) is 5.82 Å². The molecule has 0 radical (unpaired) electrons. The van der Waals surface area contributed by atoms with Crippen molar-refractivity contribution in [2.24, 2.45) is 5.73 Å². The summed E-state index contributed by atoms with van der Waals surface area (Å²) >= 11 is 0. The Morgan fingerprint density at radius 2 is 1.94 bits per heavy atom. The molecule has 0 unspecified atom stereocenters. The molecule has 2 rings (SSSR count). The average Bonchev–Trinajstić information content (AvgIpc) is 2.77. The number of hydrogen-bond acceptors (Lipinski definition) is 4. The number of nitrogens with one attached hydrogen (secondary N) is 1. The number of aromatic nitrogens is 2. The summed E-state index contributed by atoms with van der Waals surface area (Å²) in [5, 5.41) is 11.9. The minimum absolute atomic E-state index is 0.525. The van der Waals surface area contributed by atoms with Crippen LogP contribution in [0, 0.1) is 13.8 Å². The van der Waals surface area contributed by atoms with Crippen LogP contribution in [-0.4, -0.2) is 16.2 Å². The van der Waals surface area contributed by atoms with Gasteiger partial charge in [0.25, 0.3) is 0 Å². The highest BCUT2D eigenvalue weighted by atomic mass is 15.2. The molecule has 1 fully saturated rings. The lowest BCUT2D eigenvalue weighted by molar-refractivity contribution is 0.739. The molecule has 0 spiro atoms. The van der Waals surface area contributed by atoms with E-state index in [0.29, 0.717) is 12.6 Å². The second kappa shape index (κ2) is 4.78. The molecule has 88 valence electrons. The molecule has 4 heteroatoms. The van der Waals surface area contributed by atoms with Gasteiger partial charge in [-0.2, -0.15) is 5.10 Å². The van der Waals surface area contributed by atoms with Gasteiger partial charge in [-0.3, -0.25) is 0 Å². The quantitative estimate of drug-likeness (QED) is 0.816. The Kier molecular flexibility index (Phi) is 3.39. The molecular formula is C12H20N4. The van der Waals surface area contributed by atoms with Gasteiger partial charge in [-0.15, -0.1) is 5.10 Å². The van der Waals surface area contributed by atoms with E-state index >= 15 is 0 Å². The average molecular weight is 220 g/mol. The molecular weight excluding hydrogens is 200 g/mol. The SMILES string of the molecule is Cc1nnc(NC2CCCC2)c(CN)c1C. The normalized spacial score (nSPS) is 16.7. The Bertz CT molecular complexity index is 370. The minimum Gasteiger partial charge on any atom is -0.366 e. The Hall–Kier alpha value is -1.16. The molecule has 1 aromatic rings. The summed E-state index contributed by atoms with van der Waals surface area (Å²) < 4.78 is 0. The van der Waals surface area contributed by atoms with Crippen molar-refractivity contribution in [3.63, 3.8) is 0 Å². The Labute approximate surface area is 96.6 Å². The highest BCUT2D eigenvalue weighted by molar-refractivity contribution is 5.49. The van der Waals surface area contributed by atoms with Gasteiger partial charge in [-0.25, -0.2) is 0 Å². The molecule has 1 heterocycles. The van der Waals surface area contributed by atoms with Gasteiger partial charge in [-0.1, -0.05) is 12.8 Å². The van der Waals surface area contributed by atoms with E-state index in [1.807, 2.05) is 6.92 Å². The number of nitrogens with two attached hydrogens (primary N) is 1. The minimum atomic E-state index is 0.525. The van der Waals surface area contributed by atoms with Crippen molar-refractivity contribution in [1.82, 2.24) is 10.2 Å². The summed E-state index contributed by atoms with van der Waals surface area (Å²) in [7, 11) is 0. The maximum absolute atomic E-state index is 5.79. The molecule has 1 aliphatic carbocycles. The predicted octanol–water partition coefficient (Wildman–Crippen LogP) is 1.91. The largest absolute Gasteiger partial charge is 0.366 e. The van der Waals surface area contributed by atoms with Crippen molar-refractivity contribution in [3.8, 4) is 0 Å². The molecule has 1 aromatic heterocycles. The third-order valence-corrected chi connectivity index (χ3v) is 3.48. The highest BCUT2D eigenvalue weighted by Crippen LogP contribution is 2.24. The van der Waals surface area contributed by atoms with E-state index < -0.39 is 0 Å². The standard InChI is InChI=1S/C12H20N4/c1-8-9(2)15-16-12(11(8)7-13)14-10-5-3-4-6-10/h10H,3-7,13H2,1-2H3,(H,14,16). The summed E-state index contributed by atoms with van der Waals surface area (Å²) in [6.45, 7) is 4.56. The fourth-order valence-electron chi connectivity index (χ4n) is 2.29. The molecule has 4 nitrogen and oxygen atoms in total. The van der Waals surface area contributed by atoms with Gasteiger partial charge in [0.1, 0.15) is 0 Å². The van der Waals surface area contributed by atoms with Crippen LogP contribution in [0.5, 0.6) is 0 Å². The van der Waals surface area contributed by atoms with Crippen molar-refractivity contribution >= 4 is 5.82 Å². The van der Waals surface area contributed by atoms with Gasteiger partial charge in [0.05, 0.1) is 5.69 Å². The molecule has 0 bridgehead atoms. The Morgan fingerprint density at radius 1 is 1.25 bits per heavy atom.